The summed E-state index contributed by atoms with van der Waals surface area (Å²) in [5.74, 6) is -4.43. The van der Waals surface area contributed by atoms with Gasteiger partial charge in [-0.2, -0.15) is 18.3 Å². The molecule has 0 radical (unpaired) electrons. The van der Waals surface area contributed by atoms with E-state index in [1.165, 1.54) is 29.0 Å². The number of aromatic nitrogens is 2. The van der Waals surface area contributed by atoms with E-state index >= 15 is 0 Å². The minimum atomic E-state index is -5.13. The summed E-state index contributed by atoms with van der Waals surface area (Å²) in [7, 11) is 1.35. The van der Waals surface area contributed by atoms with Gasteiger partial charge in [-0.3, -0.25) is 19.2 Å². The number of hydroxylamine groups is 3. The van der Waals surface area contributed by atoms with Gasteiger partial charge in [-0.15, -0.1) is 4.65 Å². The molecule has 2 saturated heterocycles. The number of carbonyl (C=O) groups excluding carboxylic acids is 3. The zero-order valence-electron chi connectivity index (χ0n) is 23.0. The summed E-state index contributed by atoms with van der Waals surface area (Å²) in [6, 6.07) is 4.21. The van der Waals surface area contributed by atoms with E-state index in [1.807, 2.05) is 0 Å². The van der Waals surface area contributed by atoms with Gasteiger partial charge in [-0.05, 0) is 43.5 Å². The summed E-state index contributed by atoms with van der Waals surface area (Å²) >= 11 is 0. The maximum atomic E-state index is 14.7. The molecule has 0 spiro atoms. The summed E-state index contributed by atoms with van der Waals surface area (Å²) in [5.41, 5.74) is 2.07. The molecule has 14 heteroatoms. The van der Waals surface area contributed by atoms with E-state index in [1.54, 1.807) is 19.9 Å². The van der Waals surface area contributed by atoms with Crippen LogP contribution in [-0.4, -0.2) is 94.9 Å². The number of carbonyl (C=O) groups is 3. The number of amides is 2. The Kier molecular flexibility index (Phi) is 8.52. The van der Waals surface area contributed by atoms with Crippen LogP contribution in [0.1, 0.15) is 45.6 Å². The van der Waals surface area contributed by atoms with Gasteiger partial charge in [-0.1, -0.05) is 6.07 Å². The molecule has 0 bridgehead atoms. The number of alkyl halides is 3. The van der Waals surface area contributed by atoms with Crippen molar-refractivity contribution >= 4 is 17.8 Å². The number of benzene rings is 1. The fourth-order valence-corrected chi connectivity index (χ4v) is 5.30. The molecule has 10 nitrogen and oxygen atoms in total. The second kappa shape index (κ2) is 11.6. The number of hydrogen-bond acceptors (Lipinski definition) is 6. The smallest absolute Gasteiger partial charge is 0.339 e. The standard InChI is InChI=1S/C27H31F4N5O5/c1-16-17(2)23(37)33-32-22(16)14-18-6-7-21(28)20(13-18)25(39)35-10-8-34(9-11-35)24(38)19-5-4-12-36(3,15-19)41-26(40)27(29,30)31/h6-7,13,19H,4-5,8-12,14-15H2,1-3H3/p+1. The minimum Gasteiger partial charge on any atom is -0.339 e. The van der Waals surface area contributed by atoms with Gasteiger partial charge >= 0.3 is 12.1 Å². The van der Waals surface area contributed by atoms with E-state index in [-0.39, 0.29) is 62.7 Å². The topological polar surface area (TPSA) is 113 Å². The first-order chi connectivity index (χ1) is 19.2. The Morgan fingerprint density at radius 1 is 1.10 bits per heavy atom. The number of halogens is 4. The second-order valence-electron chi connectivity index (χ2n) is 10.8. The van der Waals surface area contributed by atoms with Crippen LogP contribution in [0.4, 0.5) is 17.6 Å². The van der Waals surface area contributed by atoms with Crippen molar-refractivity contribution in [2.75, 3.05) is 46.3 Å². The van der Waals surface area contributed by atoms with Crippen LogP contribution in [-0.2, 0) is 20.8 Å². The lowest BCUT2D eigenvalue weighted by Crippen LogP contribution is -2.58. The maximum Gasteiger partial charge on any atom is 0.497 e. The van der Waals surface area contributed by atoms with E-state index in [0.29, 0.717) is 35.2 Å². The third-order valence-electron chi connectivity index (χ3n) is 7.81. The second-order valence-corrected chi connectivity index (χ2v) is 10.8. The zero-order chi connectivity index (χ0) is 30.1. The number of quaternary nitrogens is 1. The van der Waals surface area contributed by atoms with Crippen molar-refractivity contribution in [1.29, 1.82) is 0 Å². The van der Waals surface area contributed by atoms with E-state index < -0.39 is 34.4 Å². The molecule has 2 unspecified atom stereocenters. The quantitative estimate of drug-likeness (QED) is 0.428. The molecule has 1 N–H and O–H groups in total. The van der Waals surface area contributed by atoms with Gasteiger partial charge in [-0.25, -0.2) is 14.3 Å². The van der Waals surface area contributed by atoms with Crippen LogP contribution in [0.3, 0.4) is 0 Å². The third kappa shape index (κ3) is 6.75. The average Bonchev–Trinajstić information content (AvgIpc) is 2.93. The van der Waals surface area contributed by atoms with Gasteiger partial charge in [0.25, 0.3) is 11.5 Å². The highest BCUT2D eigenvalue weighted by molar-refractivity contribution is 5.95. The molecule has 0 aliphatic carbocycles. The summed E-state index contributed by atoms with van der Waals surface area (Å²) in [6.45, 7) is 4.17. The van der Waals surface area contributed by atoms with Crippen molar-refractivity contribution in [1.82, 2.24) is 20.0 Å². The van der Waals surface area contributed by atoms with E-state index in [9.17, 15) is 36.7 Å². The first kappa shape index (κ1) is 30.2. The van der Waals surface area contributed by atoms with Gasteiger partial charge in [0.2, 0.25) is 5.91 Å². The number of nitrogens with one attached hydrogen (secondary N) is 1. The Hall–Kier alpha value is -3.81. The van der Waals surface area contributed by atoms with Crippen LogP contribution in [0.25, 0.3) is 0 Å². The predicted octanol–water partition coefficient (Wildman–Crippen LogP) is 2.28. The van der Waals surface area contributed by atoms with Crippen LogP contribution in [0.2, 0.25) is 0 Å². The minimum absolute atomic E-state index is 0.0824. The highest BCUT2D eigenvalue weighted by Crippen LogP contribution is 2.28. The van der Waals surface area contributed by atoms with Gasteiger partial charge in [0.15, 0.2) is 0 Å². The highest BCUT2D eigenvalue weighted by atomic mass is 19.4. The van der Waals surface area contributed by atoms with Gasteiger partial charge in [0, 0.05) is 44.6 Å². The van der Waals surface area contributed by atoms with Crippen LogP contribution in [0.5, 0.6) is 0 Å². The molecule has 4 rings (SSSR count). The van der Waals surface area contributed by atoms with Crippen molar-refractivity contribution in [2.45, 2.75) is 39.3 Å². The Bertz CT molecular complexity index is 1400. The lowest BCUT2D eigenvalue weighted by atomic mass is 9.96. The molecular formula is C27H32F4N5O5+. The number of nitrogens with zero attached hydrogens (tertiary/aromatic N) is 4. The lowest BCUT2D eigenvalue weighted by molar-refractivity contribution is -1.08. The van der Waals surface area contributed by atoms with Crippen molar-refractivity contribution < 1.29 is 41.4 Å². The van der Waals surface area contributed by atoms with Crippen LogP contribution in [0, 0.1) is 25.6 Å². The summed E-state index contributed by atoms with van der Waals surface area (Å²) in [6.07, 6.45) is -4.00. The van der Waals surface area contributed by atoms with Crippen molar-refractivity contribution in [3.05, 3.63) is 62.3 Å². The van der Waals surface area contributed by atoms with E-state index in [0.717, 1.165) is 0 Å². The molecular weight excluding hydrogens is 550 g/mol. The molecule has 2 fully saturated rings. The lowest BCUT2D eigenvalue weighted by Gasteiger charge is -2.40. The summed E-state index contributed by atoms with van der Waals surface area (Å²) in [5, 5.41) is 6.51. The molecule has 2 aromatic rings. The van der Waals surface area contributed by atoms with Gasteiger partial charge in [0.1, 0.15) is 26.0 Å². The van der Waals surface area contributed by atoms with Crippen LogP contribution < -0.4 is 5.56 Å². The summed E-state index contributed by atoms with van der Waals surface area (Å²) in [4.78, 5) is 57.2. The molecule has 3 heterocycles. The number of aromatic amines is 1. The number of H-pyrrole nitrogens is 1. The Morgan fingerprint density at radius 3 is 2.41 bits per heavy atom. The fourth-order valence-electron chi connectivity index (χ4n) is 5.30. The van der Waals surface area contributed by atoms with Crippen LogP contribution in [0.15, 0.2) is 23.0 Å². The summed E-state index contributed by atoms with van der Waals surface area (Å²) < 4.78 is 52.2. The number of rotatable bonds is 5. The first-order valence-electron chi connectivity index (χ1n) is 13.2. The first-order valence-corrected chi connectivity index (χ1v) is 13.2. The van der Waals surface area contributed by atoms with Crippen molar-refractivity contribution in [3.8, 4) is 0 Å². The molecule has 222 valence electrons. The number of piperidine rings is 1. The molecule has 2 aliphatic heterocycles. The number of likely N-dealkylation sites (tertiary alicyclic amines) is 1. The third-order valence-corrected chi connectivity index (χ3v) is 7.81. The van der Waals surface area contributed by atoms with Gasteiger partial charge < -0.3 is 9.80 Å². The Labute approximate surface area is 233 Å². The number of piperazine rings is 1. The molecule has 41 heavy (non-hydrogen) atoms. The Balaban J connectivity index is 1.38. The molecule has 0 saturated carbocycles. The van der Waals surface area contributed by atoms with Crippen molar-refractivity contribution in [2.24, 2.45) is 5.92 Å². The monoisotopic (exact) mass is 582 g/mol. The average molecular weight is 583 g/mol. The molecule has 1 aromatic carbocycles. The molecule has 1 aromatic heterocycles. The Morgan fingerprint density at radius 2 is 1.76 bits per heavy atom. The van der Waals surface area contributed by atoms with Gasteiger partial charge in [0.05, 0.1) is 17.2 Å². The van der Waals surface area contributed by atoms with E-state index in [2.05, 4.69) is 15.0 Å². The highest BCUT2D eigenvalue weighted by Gasteiger charge is 2.49. The number of hydrogen-bond donors (Lipinski definition) is 1. The largest absolute Gasteiger partial charge is 0.497 e. The van der Waals surface area contributed by atoms with Crippen molar-refractivity contribution in [3.63, 3.8) is 0 Å². The molecule has 2 atom stereocenters. The predicted molar refractivity (Wildman–Crippen MR) is 137 cm³/mol. The fraction of sp³-hybridized carbons (Fsp3) is 0.519. The molecule has 2 aliphatic rings. The normalized spacial score (nSPS) is 21.5. The zero-order valence-corrected chi connectivity index (χ0v) is 23.0. The maximum absolute atomic E-state index is 14.7. The van der Waals surface area contributed by atoms with Crippen LogP contribution >= 0.6 is 0 Å². The SMILES string of the molecule is Cc1c(Cc2ccc(F)c(C(=O)N3CCN(C(=O)C4CCC[N+](C)(OC(=O)C(F)(F)F)C4)CC3)c2)n[nH]c(=O)c1C. The molecule has 2 amide bonds. The van der Waals surface area contributed by atoms with E-state index in [4.69, 9.17) is 0 Å².